The molecule has 0 spiro atoms. The predicted molar refractivity (Wildman–Crippen MR) is 97.5 cm³/mol. The van der Waals surface area contributed by atoms with Crippen molar-refractivity contribution in [3.8, 4) is 0 Å². The smallest absolute Gasteiger partial charge is 0.245 e. The first-order valence-corrected chi connectivity index (χ1v) is 10.9. The fourth-order valence-corrected chi connectivity index (χ4v) is 5.40. The van der Waals surface area contributed by atoms with Crippen molar-refractivity contribution in [3.05, 3.63) is 30.1 Å². The summed E-state index contributed by atoms with van der Waals surface area (Å²) in [5.41, 5.74) is 0. The van der Waals surface area contributed by atoms with Crippen LogP contribution in [0.5, 0.6) is 0 Å². The second kappa shape index (κ2) is 8.48. The van der Waals surface area contributed by atoms with Crippen molar-refractivity contribution in [1.82, 2.24) is 9.21 Å². The zero-order valence-electron chi connectivity index (χ0n) is 15.1. The van der Waals surface area contributed by atoms with Gasteiger partial charge in [-0.05, 0) is 56.6 Å². The number of carbonyl (C=O) groups is 1. The highest BCUT2D eigenvalue weighted by molar-refractivity contribution is 7.89. The highest BCUT2D eigenvalue weighted by Crippen LogP contribution is 2.27. The standard InChI is InChI=1S/C19H27FN2O3S/c20-17-6-2-3-7-18(17)26(24,25)22-14-10-16(11-15-22)8-9-19(23)21-12-4-1-5-13-21/h2-3,6-7,16H,1,4-5,8-15H2. The van der Waals surface area contributed by atoms with Crippen LogP contribution in [-0.2, 0) is 14.8 Å². The van der Waals surface area contributed by atoms with E-state index < -0.39 is 15.8 Å². The van der Waals surface area contributed by atoms with E-state index in [-0.39, 0.29) is 10.8 Å². The Balaban J connectivity index is 1.49. The molecule has 26 heavy (non-hydrogen) atoms. The molecule has 0 unspecified atom stereocenters. The van der Waals surface area contributed by atoms with Gasteiger partial charge in [0, 0.05) is 32.6 Å². The highest BCUT2D eigenvalue weighted by atomic mass is 32.2. The molecule has 3 rings (SSSR count). The summed E-state index contributed by atoms with van der Waals surface area (Å²) >= 11 is 0. The van der Waals surface area contributed by atoms with Crippen molar-refractivity contribution in [2.24, 2.45) is 5.92 Å². The number of amides is 1. The average molecular weight is 383 g/mol. The van der Waals surface area contributed by atoms with Crippen molar-refractivity contribution in [2.75, 3.05) is 26.2 Å². The maximum absolute atomic E-state index is 13.9. The Morgan fingerprint density at radius 1 is 1.04 bits per heavy atom. The van der Waals surface area contributed by atoms with E-state index in [1.807, 2.05) is 4.90 Å². The van der Waals surface area contributed by atoms with Gasteiger partial charge >= 0.3 is 0 Å². The van der Waals surface area contributed by atoms with Gasteiger partial charge in [-0.25, -0.2) is 12.8 Å². The van der Waals surface area contributed by atoms with E-state index in [2.05, 4.69) is 0 Å². The van der Waals surface area contributed by atoms with Crippen LogP contribution in [0.25, 0.3) is 0 Å². The van der Waals surface area contributed by atoms with E-state index in [0.717, 1.165) is 45.2 Å². The Morgan fingerprint density at radius 3 is 2.35 bits per heavy atom. The third-order valence-corrected chi connectivity index (χ3v) is 7.44. The zero-order chi connectivity index (χ0) is 18.6. The summed E-state index contributed by atoms with van der Waals surface area (Å²) in [6, 6.07) is 5.51. The molecular weight excluding hydrogens is 355 g/mol. The quantitative estimate of drug-likeness (QED) is 0.787. The fraction of sp³-hybridized carbons (Fsp3) is 0.632. The number of halogens is 1. The Kier molecular flexibility index (Phi) is 6.29. The minimum absolute atomic E-state index is 0.228. The van der Waals surface area contributed by atoms with Crippen LogP contribution >= 0.6 is 0 Å². The molecule has 1 amide bonds. The van der Waals surface area contributed by atoms with Gasteiger partial charge in [-0.15, -0.1) is 0 Å². The fourth-order valence-electron chi connectivity index (χ4n) is 3.86. The number of benzene rings is 1. The summed E-state index contributed by atoms with van der Waals surface area (Å²) in [6.07, 6.45) is 6.20. The molecule has 1 aromatic carbocycles. The van der Waals surface area contributed by atoms with Crippen LogP contribution < -0.4 is 0 Å². The topological polar surface area (TPSA) is 57.7 Å². The lowest BCUT2D eigenvalue weighted by atomic mass is 9.93. The molecule has 2 aliphatic rings. The maximum Gasteiger partial charge on any atom is 0.245 e. The van der Waals surface area contributed by atoms with E-state index in [4.69, 9.17) is 0 Å². The lowest BCUT2D eigenvalue weighted by Gasteiger charge is -2.32. The molecule has 5 nitrogen and oxygen atoms in total. The van der Waals surface area contributed by atoms with Crippen LogP contribution in [0.4, 0.5) is 4.39 Å². The summed E-state index contributed by atoms with van der Waals surface area (Å²) in [7, 11) is -3.78. The Morgan fingerprint density at radius 2 is 1.69 bits per heavy atom. The van der Waals surface area contributed by atoms with Crippen LogP contribution in [-0.4, -0.2) is 49.7 Å². The first kappa shape index (κ1) is 19.3. The first-order chi connectivity index (χ1) is 12.5. The molecule has 2 aliphatic heterocycles. The summed E-state index contributed by atoms with van der Waals surface area (Å²) in [5, 5.41) is 0. The molecule has 144 valence electrons. The van der Waals surface area contributed by atoms with Crippen LogP contribution in [0.15, 0.2) is 29.2 Å². The van der Waals surface area contributed by atoms with Crippen molar-refractivity contribution in [2.45, 2.75) is 49.8 Å². The molecule has 7 heteroatoms. The molecule has 0 aromatic heterocycles. The monoisotopic (exact) mass is 382 g/mol. The molecule has 0 radical (unpaired) electrons. The molecule has 2 fully saturated rings. The van der Waals surface area contributed by atoms with Gasteiger partial charge in [-0.2, -0.15) is 4.31 Å². The lowest BCUT2D eigenvalue weighted by molar-refractivity contribution is -0.132. The van der Waals surface area contributed by atoms with Gasteiger partial charge in [0.05, 0.1) is 0 Å². The Hall–Kier alpha value is -1.47. The minimum atomic E-state index is -3.78. The molecule has 0 N–H and O–H groups in total. The molecule has 1 aromatic rings. The number of rotatable bonds is 5. The number of piperidine rings is 2. The molecular formula is C19H27FN2O3S. The van der Waals surface area contributed by atoms with Gasteiger partial charge in [-0.1, -0.05) is 12.1 Å². The van der Waals surface area contributed by atoms with Gasteiger partial charge < -0.3 is 4.90 Å². The summed E-state index contributed by atoms with van der Waals surface area (Å²) < 4.78 is 40.4. The second-order valence-corrected chi connectivity index (χ2v) is 9.16. The number of sulfonamides is 1. The third-order valence-electron chi connectivity index (χ3n) is 5.50. The largest absolute Gasteiger partial charge is 0.343 e. The molecule has 0 saturated carbocycles. The van der Waals surface area contributed by atoms with Gasteiger partial charge in [0.2, 0.25) is 15.9 Å². The zero-order valence-corrected chi connectivity index (χ0v) is 15.9. The van der Waals surface area contributed by atoms with E-state index in [1.54, 1.807) is 0 Å². The molecule has 0 aliphatic carbocycles. The van der Waals surface area contributed by atoms with Crippen LogP contribution in [0.3, 0.4) is 0 Å². The normalized spacial score (nSPS) is 20.3. The summed E-state index contributed by atoms with van der Waals surface area (Å²) in [6.45, 7) is 2.52. The van der Waals surface area contributed by atoms with Crippen molar-refractivity contribution >= 4 is 15.9 Å². The van der Waals surface area contributed by atoms with E-state index in [9.17, 15) is 17.6 Å². The molecule has 0 atom stereocenters. The van der Waals surface area contributed by atoms with Crippen LogP contribution in [0.1, 0.15) is 44.9 Å². The Labute approximate surface area is 155 Å². The third kappa shape index (κ3) is 4.43. The number of hydrogen-bond donors (Lipinski definition) is 0. The molecule has 2 heterocycles. The predicted octanol–water partition coefficient (Wildman–Crippen LogP) is 3.02. The minimum Gasteiger partial charge on any atom is -0.343 e. The SMILES string of the molecule is O=C(CCC1CCN(S(=O)(=O)c2ccccc2F)CC1)N1CCCCC1. The van der Waals surface area contributed by atoms with Crippen LogP contribution in [0, 0.1) is 11.7 Å². The summed E-state index contributed by atoms with van der Waals surface area (Å²) in [4.78, 5) is 14.0. The number of carbonyl (C=O) groups excluding carboxylic acids is 1. The van der Waals surface area contributed by atoms with Gasteiger partial charge in [-0.3, -0.25) is 4.79 Å². The Bertz CT molecular complexity index is 724. The summed E-state index contributed by atoms with van der Waals surface area (Å²) in [5.74, 6) is -0.122. The van der Waals surface area contributed by atoms with Crippen LogP contribution in [0.2, 0.25) is 0 Å². The van der Waals surface area contributed by atoms with E-state index in [1.165, 1.54) is 35.0 Å². The highest BCUT2D eigenvalue weighted by Gasteiger charge is 2.31. The van der Waals surface area contributed by atoms with Gasteiger partial charge in [0.15, 0.2) is 0 Å². The van der Waals surface area contributed by atoms with Crippen molar-refractivity contribution < 1.29 is 17.6 Å². The number of likely N-dealkylation sites (tertiary alicyclic amines) is 1. The molecule has 0 bridgehead atoms. The number of hydrogen-bond acceptors (Lipinski definition) is 3. The van der Waals surface area contributed by atoms with E-state index in [0.29, 0.717) is 25.4 Å². The first-order valence-electron chi connectivity index (χ1n) is 9.51. The number of nitrogens with zero attached hydrogens (tertiary/aromatic N) is 2. The second-order valence-electron chi connectivity index (χ2n) is 7.26. The van der Waals surface area contributed by atoms with E-state index >= 15 is 0 Å². The molecule has 2 saturated heterocycles. The van der Waals surface area contributed by atoms with Crippen molar-refractivity contribution in [1.29, 1.82) is 0 Å². The maximum atomic E-state index is 13.9. The lowest BCUT2D eigenvalue weighted by Crippen LogP contribution is -2.39. The van der Waals surface area contributed by atoms with Crippen molar-refractivity contribution in [3.63, 3.8) is 0 Å². The van der Waals surface area contributed by atoms with Gasteiger partial charge in [0.1, 0.15) is 10.7 Å². The average Bonchev–Trinajstić information content (AvgIpc) is 2.67. The van der Waals surface area contributed by atoms with Gasteiger partial charge in [0.25, 0.3) is 0 Å².